The van der Waals surface area contributed by atoms with Gasteiger partial charge in [-0.15, -0.1) is 0 Å². The summed E-state index contributed by atoms with van der Waals surface area (Å²) in [6.07, 6.45) is 0. The van der Waals surface area contributed by atoms with Crippen LogP contribution in [0, 0.1) is 5.82 Å². The summed E-state index contributed by atoms with van der Waals surface area (Å²) in [6, 6.07) is 12.9. The first-order valence-corrected chi connectivity index (χ1v) is 5.93. The summed E-state index contributed by atoms with van der Waals surface area (Å²) in [5.41, 5.74) is 3.32. The number of ether oxygens (including phenoxy) is 1. The molecular weight excluding hydrogens is 229 g/mol. The Morgan fingerprint density at radius 1 is 1.17 bits per heavy atom. The molecule has 1 unspecified atom stereocenters. The Hall–Kier alpha value is -1.87. The van der Waals surface area contributed by atoms with Gasteiger partial charge in [0, 0.05) is 6.54 Å². The van der Waals surface area contributed by atoms with Crippen molar-refractivity contribution in [3.05, 3.63) is 65.0 Å². The second-order valence-corrected chi connectivity index (χ2v) is 4.43. The molecule has 1 N–H and O–H groups in total. The van der Waals surface area contributed by atoms with E-state index in [0.717, 1.165) is 29.0 Å². The topological polar surface area (TPSA) is 21.3 Å². The molecule has 0 aliphatic carbocycles. The number of nitrogens with one attached hydrogen (secondary N) is 1. The Morgan fingerprint density at radius 2 is 1.94 bits per heavy atom. The maximum atomic E-state index is 13.3. The van der Waals surface area contributed by atoms with Crippen LogP contribution in [-0.4, -0.2) is 7.11 Å². The van der Waals surface area contributed by atoms with Gasteiger partial charge in [0.05, 0.1) is 13.2 Å². The predicted octanol–water partition coefficient (Wildman–Crippen LogP) is 3.03. The van der Waals surface area contributed by atoms with Gasteiger partial charge in [-0.3, -0.25) is 0 Å². The van der Waals surface area contributed by atoms with Crippen LogP contribution < -0.4 is 10.1 Å². The number of fused-ring (bicyclic) bond motifs is 1. The summed E-state index contributed by atoms with van der Waals surface area (Å²) in [4.78, 5) is 0. The van der Waals surface area contributed by atoms with Gasteiger partial charge in [0.15, 0.2) is 0 Å². The molecule has 0 saturated heterocycles. The molecule has 2 aromatic carbocycles. The molecule has 1 atom stereocenters. The molecule has 0 fully saturated rings. The fourth-order valence-corrected chi connectivity index (χ4v) is 2.41. The zero-order chi connectivity index (χ0) is 12.5. The summed E-state index contributed by atoms with van der Waals surface area (Å²) in [5, 5.41) is 3.40. The standard InChI is InChI=1S/C15H14FNO/c1-18-13-6-3-10(4-7-13)15-14-8-12(16)5-2-11(14)9-17-15/h2-8,15,17H,9H2,1H3. The van der Waals surface area contributed by atoms with Gasteiger partial charge in [-0.25, -0.2) is 4.39 Å². The highest BCUT2D eigenvalue weighted by atomic mass is 19.1. The van der Waals surface area contributed by atoms with E-state index in [1.807, 2.05) is 30.3 Å². The molecule has 1 aliphatic heterocycles. The second-order valence-electron chi connectivity index (χ2n) is 4.43. The lowest BCUT2D eigenvalue weighted by molar-refractivity contribution is 0.414. The summed E-state index contributed by atoms with van der Waals surface area (Å²) in [6.45, 7) is 0.784. The average Bonchev–Trinajstić information content (AvgIpc) is 2.82. The third kappa shape index (κ3) is 1.87. The molecule has 1 aliphatic rings. The van der Waals surface area contributed by atoms with Crippen LogP contribution in [0.1, 0.15) is 22.7 Å². The smallest absolute Gasteiger partial charge is 0.123 e. The first-order chi connectivity index (χ1) is 8.78. The normalized spacial score (nSPS) is 17.6. The van der Waals surface area contributed by atoms with E-state index in [1.54, 1.807) is 13.2 Å². The first-order valence-electron chi connectivity index (χ1n) is 5.93. The molecule has 2 nitrogen and oxygen atoms in total. The zero-order valence-electron chi connectivity index (χ0n) is 10.1. The monoisotopic (exact) mass is 243 g/mol. The number of hydrogen-bond donors (Lipinski definition) is 1. The van der Waals surface area contributed by atoms with Crippen molar-refractivity contribution in [2.24, 2.45) is 0 Å². The van der Waals surface area contributed by atoms with Crippen molar-refractivity contribution in [2.75, 3.05) is 7.11 Å². The molecule has 3 rings (SSSR count). The van der Waals surface area contributed by atoms with Crippen molar-refractivity contribution in [3.63, 3.8) is 0 Å². The van der Waals surface area contributed by atoms with Crippen molar-refractivity contribution in [3.8, 4) is 5.75 Å². The van der Waals surface area contributed by atoms with Gasteiger partial charge >= 0.3 is 0 Å². The largest absolute Gasteiger partial charge is 0.497 e. The molecule has 0 aromatic heterocycles. The highest BCUT2D eigenvalue weighted by molar-refractivity contribution is 5.42. The van der Waals surface area contributed by atoms with Crippen LogP contribution >= 0.6 is 0 Å². The highest BCUT2D eigenvalue weighted by Gasteiger charge is 2.23. The molecule has 0 radical (unpaired) electrons. The van der Waals surface area contributed by atoms with Crippen molar-refractivity contribution >= 4 is 0 Å². The first kappa shape index (κ1) is 11.2. The Balaban J connectivity index is 1.97. The molecule has 1 heterocycles. The minimum absolute atomic E-state index is 0.0709. The summed E-state index contributed by atoms with van der Waals surface area (Å²) in [5.74, 6) is 0.646. The third-order valence-corrected chi connectivity index (χ3v) is 3.36. The Labute approximate surface area is 105 Å². The molecule has 0 bridgehead atoms. The number of benzene rings is 2. The average molecular weight is 243 g/mol. The molecule has 0 saturated carbocycles. The lowest BCUT2D eigenvalue weighted by Crippen LogP contribution is -2.13. The van der Waals surface area contributed by atoms with Crippen LogP contribution in [0.15, 0.2) is 42.5 Å². The molecule has 0 spiro atoms. The minimum Gasteiger partial charge on any atom is -0.497 e. The predicted molar refractivity (Wildman–Crippen MR) is 68.1 cm³/mol. The van der Waals surface area contributed by atoms with E-state index in [9.17, 15) is 4.39 Å². The van der Waals surface area contributed by atoms with Crippen molar-refractivity contribution in [1.29, 1.82) is 0 Å². The maximum Gasteiger partial charge on any atom is 0.123 e. The van der Waals surface area contributed by atoms with Gasteiger partial charge in [-0.1, -0.05) is 18.2 Å². The minimum atomic E-state index is -0.184. The van der Waals surface area contributed by atoms with E-state index in [0.29, 0.717) is 0 Å². The molecule has 3 heteroatoms. The number of hydrogen-bond acceptors (Lipinski definition) is 2. The van der Waals surface area contributed by atoms with Crippen LogP contribution in [0.3, 0.4) is 0 Å². The SMILES string of the molecule is COc1ccc(C2NCc3ccc(F)cc32)cc1. The molecule has 92 valence electrons. The molecule has 2 aromatic rings. The van der Waals surface area contributed by atoms with Crippen LogP contribution in [0.25, 0.3) is 0 Å². The van der Waals surface area contributed by atoms with Gasteiger partial charge in [0.25, 0.3) is 0 Å². The summed E-state index contributed by atoms with van der Waals surface area (Å²) < 4.78 is 18.5. The van der Waals surface area contributed by atoms with E-state index < -0.39 is 0 Å². The Bertz CT molecular complexity index is 565. The van der Waals surface area contributed by atoms with Crippen LogP contribution in [-0.2, 0) is 6.54 Å². The van der Waals surface area contributed by atoms with Gasteiger partial charge in [0.2, 0.25) is 0 Å². The molecule has 18 heavy (non-hydrogen) atoms. The lowest BCUT2D eigenvalue weighted by Gasteiger charge is -2.13. The number of rotatable bonds is 2. The van der Waals surface area contributed by atoms with E-state index in [-0.39, 0.29) is 11.9 Å². The Kier molecular flexibility index (Phi) is 2.76. The third-order valence-electron chi connectivity index (χ3n) is 3.36. The maximum absolute atomic E-state index is 13.3. The lowest BCUT2D eigenvalue weighted by atomic mass is 9.98. The van der Waals surface area contributed by atoms with E-state index in [1.165, 1.54) is 6.07 Å². The van der Waals surface area contributed by atoms with Crippen molar-refractivity contribution in [1.82, 2.24) is 5.32 Å². The van der Waals surface area contributed by atoms with Gasteiger partial charge in [0.1, 0.15) is 11.6 Å². The fourth-order valence-electron chi connectivity index (χ4n) is 2.41. The Morgan fingerprint density at radius 3 is 2.67 bits per heavy atom. The van der Waals surface area contributed by atoms with Crippen LogP contribution in [0.2, 0.25) is 0 Å². The van der Waals surface area contributed by atoms with Gasteiger partial charge < -0.3 is 10.1 Å². The van der Waals surface area contributed by atoms with Gasteiger partial charge in [-0.2, -0.15) is 0 Å². The quantitative estimate of drug-likeness (QED) is 0.875. The summed E-state index contributed by atoms with van der Waals surface area (Å²) in [7, 11) is 1.65. The number of halogens is 1. The van der Waals surface area contributed by atoms with Crippen LogP contribution in [0.4, 0.5) is 4.39 Å². The van der Waals surface area contributed by atoms with E-state index in [2.05, 4.69) is 5.32 Å². The zero-order valence-corrected chi connectivity index (χ0v) is 10.1. The van der Waals surface area contributed by atoms with Crippen molar-refractivity contribution < 1.29 is 9.13 Å². The molecular formula is C15H14FNO. The van der Waals surface area contributed by atoms with Gasteiger partial charge in [-0.05, 0) is 41.0 Å². The van der Waals surface area contributed by atoms with Crippen LogP contribution in [0.5, 0.6) is 5.75 Å². The van der Waals surface area contributed by atoms with E-state index in [4.69, 9.17) is 4.74 Å². The molecule has 0 amide bonds. The number of methoxy groups -OCH3 is 1. The fraction of sp³-hybridized carbons (Fsp3) is 0.200. The second kappa shape index (κ2) is 4.42. The van der Waals surface area contributed by atoms with E-state index >= 15 is 0 Å². The highest BCUT2D eigenvalue weighted by Crippen LogP contribution is 2.32. The summed E-state index contributed by atoms with van der Waals surface area (Å²) >= 11 is 0. The van der Waals surface area contributed by atoms with Crippen molar-refractivity contribution in [2.45, 2.75) is 12.6 Å².